The maximum Gasteiger partial charge on any atom is 0.321 e. The number of likely N-dealkylation sites (tertiary alicyclic amines) is 1. The van der Waals surface area contributed by atoms with Crippen LogP contribution in [0.15, 0.2) is 78.6 Å². The summed E-state index contributed by atoms with van der Waals surface area (Å²) in [6.07, 6.45) is 7.92. The van der Waals surface area contributed by atoms with E-state index in [0.717, 1.165) is 36.1 Å². The first kappa shape index (κ1) is 21.6. The molecule has 0 bridgehead atoms. The molecule has 4 rings (SSSR count). The van der Waals surface area contributed by atoms with Crippen molar-refractivity contribution in [3.63, 3.8) is 0 Å². The van der Waals surface area contributed by atoms with Gasteiger partial charge in [0.1, 0.15) is 11.6 Å². The minimum absolute atomic E-state index is 0.0893. The number of carbonyl (C=O) groups excluding carboxylic acids is 1. The second kappa shape index (κ2) is 10.6. The van der Waals surface area contributed by atoms with Crippen LogP contribution in [0, 0.1) is 5.82 Å². The van der Waals surface area contributed by atoms with Crippen LogP contribution in [-0.4, -0.2) is 35.6 Å². The Hall–Kier alpha value is -3.67. The Balaban J connectivity index is 1.27. The number of hydrogen-bond acceptors (Lipinski definition) is 3. The molecule has 2 heterocycles. The number of carbonyl (C=O) groups is 1. The molecule has 0 spiro atoms. The third-order valence-corrected chi connectivity index (χ3v) is 5.41. The number of amides is 2. The van der Waals surface area contributed by atoms with Crippen LogP contribution in [0.4, 0.5) is 14.9 Å². The molecule has 164 valence electrons. The lowest BCUT2D eigenvalue weighted by Gasteiger charge is -2.28. The summed E-state index contributed by atoms with van der Waals surface area (Å²) >= 11 is 0. The number of halogens is 1. The molecule has 0 aliphatic carbocycles. The topological polar surface area (TPSA) is 54.5 Å². The average molecular weight is 432 g/mol. The number of urea groups is 1. The summed E-state index contributed by atoms with van der Waals surface area (Å²) in [5.41, 5.74) is 4.16. The number of hydrogen-bond donors (Lipinski definition) is 1. The number of benzene rings is 2. The van der Waals surface area contributed by atoms with Crippen molar-refractivity contribution in [1.29, 1.82) is 0 Å². The third-order valence-electron chi connectivity index (χ3n) is 5.41. The zero-order valence-corrected chi connectivity index (χ0v) is 17.8. The van der Waals surface area contributed by atoms with Gasteiger partial charge in [0.25, 0.3) is 0 Å². The highest BCUT2D eigenvalue weighted by Gasteiger charge is 2.19. The number of aromatic nitrogens is 1. The standard InChI is InChI=1S/C26H26FN3O2/c27-23-8-6-20(7-9-23)12-16-32-25-5-1-3-22(18-25)17-21-10-14-30(15-11-21)26(31)29-24-4-2-13-28-19-24/h1-9,13,17-19H,10-12,14-16H2,(H,29,31). The Morgan fingerprint density at radius 2 is 1.91 bits per heavy atom. The zero-order chi connectivity index (χ0) is 22.2. The van der Waals surface area contributed by atoms with E-state index >= 15 is 0 Å². The van der Waals surface area contributed by atoms with Crippen molar-refractivity contribution >= 4 is 17.8 Å². The zero-order valence-electron chi connectivity index (χ0n) is 17.8. The number of nitrogens with one attached hydrogen (secondary N) is 1. The number of anilines is 1. The molecular formula is C26H26FN3O2. The molecule has 0 saturated carbocycles. The molecule has 0 atom stereocenters. The molecule has 1 aromatic heterocycles. The van der Waals surface area contributed by atoms with Crippen molar-refractivity contribution in [3.8, 4) is 5.75 Å². The van der Waals surface area contributed by atoms with E-state index < -0.39 is 0 Å². The van der Waals surface area contributed by atoms with E-state index in [1.54, 1.807) is 30.6 Å². The quantitative estimate of drug-likeness (QED) is 0.556. The Morgan fingerprint density at radius 1 is 1.09 bits per heavy atom. The minimum atomic E-state index is -0.227. The normalized spacial score (nSPS) is 13.5. The van der Waals surface area contributed by atoms with E-state index in [-0.39, 0.29) is 11.8 Å². The van der Waals surface area contributed by atoms with Crippen LogP contribution in [0.25, 0.3) is 6.08 Å². The fourth-order valence-corrected chi connectivity index (χ4v) is 3.65. The van der Waals surface area contributed by atoms with Crippen LogP contribution in [0.1, 0.15) is 24.0 Å². The van der Waals surface area contributed by atoms with Gasteiger partial charge in [-0.1, -0.05) is 35.9 Å². The van der Waals surface area contributed by atoms with Gasteiger partial charge in [-0.05, 0) is 60.4 Å². The summed E-state index contributed by atoms with van der Waals surface area (Å²) in [6, 6.07) is 18.0. The smallest absolute Gasteiger partial charge is 0.321 e. The second-order valence-electron chi connectivity index (χ2n) is 7.76. The average Bonchev–Trinajstić information content (AvgIpc) is 2.82. The van der Waals surface area contributed by atoms with Gasteiger partial charge in [0.2, 0.25) is 0 Å². The van der Waals surface area contributed by atoms with Crippen LogP contribution in [0.3, 0.4) is 0 Å². The van der Waals surface area contributed by atoms with E-state index in [4.69, 9.17) is 4.74 Å². The molecule has 5 nitrogen and oxygen atoms in total. The van der Waals surface area contributed by atoms with Gasteiger partial charge in [-0.15, -0.1) is 0 Å². The molecule has 1 fully saturated rings. The largest absolute Gasteiger partial charge is 0.493 e. The van der Waals surface area contributed by atoms with Gasteiger partial charge >= 0.3 is 6.03 Å². The molecular weight excluding hydrogens is 405 g/mol. The van der Waals surface area contributed by atoms with Gasteiger partial charge in [-0.3, -0.25) is 4.98 Å². The van der Waals surface area contributed by atoms with Gasteiger partial charge in [0, 0.05) is 25.7 Å². The maximum absolute atomic E-state index is 13.0. The Labute approximate surface area is 187 Å². The first-order valence-electron chi connectivity index (χ1n) is 10.8. The predicted octanol–water partition coefficient (Wildman–Crippen LogP) is 5.55. The summed E-state index contributed by atoms with van der Waals surface area (Å²) in [4.78, 5) is 18.3. The third kappa shape index (κ3) is 6.17. The van der Waals surface area contributed by atoms with E-state index in [1.165, 1.54) is 17.7 Å². The molecule has 32 heavy (non-hydrogen) atoms. The first-order chi connectivity index (χ1) is 15.7. The maximum atomic E-state index is 13.0. The first-order valence-corrected chi connectivity index (χ1v) is 10.8. The Morgan fingerprint density at radius 3 is 2.66 bits per heavy atom. The number of nitrogens with zero attached hydrogens (tertiary/aromatic N) is 2. The minimum Gasteiger partial charge on any atom is -0.493 e. The molecule has 1 N–H and O–H groups in total. The number of pyridine rings is 1. The molecule has 0 radical (unpaired) electrons. The van der Waals surface area contributed by atoms with Gasteiger partial charge in [-0.2, -0.15) is 0 Å². The molecule has 1 aliphatic heterocycles. The van der Waals surface area contributed by atoms with Crippen LogP contribution in [0.2, 0.25) is 0 Å². The monoisotopic (exact) mass is 431 g/mol. The van der Waals surface area contributed by atoms with Crippen molar-refractivity contribution in [1.82, 2.24) is 9.88 Å². The summed E-state index contributed by atoms with van der Waals surface area (Å²) in [7, 11) is 0. The molecule has 6 heteroatoms. The fourth-order valence-electron chi connectivity index (χ4n) is 3.65. The highest BCUT2D eigenvalue weighted by Crippen LogP contribution is 2.22. The van der Waals surface area contributed by atoms with Crippen molar-refractivity contribution in [2.45, 2.75) is 19.3 Å². The van der Waals surface area contributed by atoms with Crippen LogP contribution in [-0.2, 0) is 6.42 Å². The van der Waals surface area contributed by atoms with Crippen molar-refractivity contribution in [3.05, 3.63) is 95.6 Å². The van der Waals surface area contributed by atoms with Crippen LogP contribution >= 0.6 is 0 Å². The SMILES string of the molecule is O=C(Nc1cccnc1)N1CCC(=Cc2cccc(OCCc3ccc(F)cc3)c2)CC1. The Kier molecular flexibility index (Phi) is 7.12. The lowest BCUT2D eigenvalue weighted by molar-refractivity contribution is 0.208. The number of piperidine rings is 1. The van der Waals surface area contributed by atoms with E-state index in [2.05, 4.69) is 22.4 Å². The van der Waals surface area contributed by atoms with Crippen LogP contribution in [0.5, 0.6) is 5.75 Å². The second-order valence-corrected chi connectivity index (χ2v) is 7.76. The number of rotatable bonds is 6. The van der Waals surface area contributed by atoms with E-state index in [0.29, 0.717) is 25.4 Å². The number of ether oxygens (including phenoxy) is 1. The van der Waals surface area contributed by atoms with Gasteiger partial charge in [0.15, 0.2) is 0 Å². The predicted molar refractivity (Wildman–Crippen MR) is 124 cm³/mol. The summed E-state index contributed by atoms with van der Waals surface area (Å²) < 4.78 is 18.9. The fraction of sp³-hybridized carbons (Fsp3) is 0.231. The molecule has 3 aromatic rings. The lowest BCUT2D eigenvalue weighted by atomic mass is 10.0. The van der Waals surface area contributed by atoms with Gasteiger partial charge in [0.05, 0.1) is 18.5 Å². The molecule has 1 saturated heterocycles. The molecule has 2 amide bonds. The van der Waals surface area contributed by atoms with E-state index in [9.17, 15) is 9.18 Å². The van der Waals surface area contributed by atoms with Crippen molar-refractivity contribution in [2.24, 2.45) is 0 Å². The molecule has 2 aromatic carbocycles. The van der Waals surface area contributed by atoms with Gasteiger partial charge < -0.3 is 15.0 Å². The van der Waals surface area contributed by atoms with Crippen molar-refractivity contribution in [2.75, 3.05) is 25.0 Å². The molecule has 0 unspecified atom stereocenters. The lowest BCUT2D eigenvalue weighted by Crippen LogP contribution is -2.39. The summed E-state index contributed by atoms with van der Waals surface area (Å²) in [5.74, 6) is 0.588. The highest BCUT2D eigenvalue weighted by atomic mass is 19.1. The summed E-state index contributed by atoms with van der Waals surface area (Å²) in [5, 5.41) is 2.89. The summed E-state index contributed by atoms with van der Waals surface area (Å²) in [6.45, 7) is 1.91. The van der Waals surface area contributed by atoms with Crippen LogP contribution < -0.4 is 10.1 Å². The molecule has 1 aliphatic rings. The van der Waals surface area contributed by atoms with E-state index in [1.807, 2.05) is 29.2 Å². The Bertz CT molecular complexity index is 1060. The van der Waals surface area contributed by atoms with Gasteiger partial charge in [-0.25, -0.2) is 9.18 Å². The highest BCUT2D eigenvalue weighted by molar-refractivity contribution is 5.89. The van der Waals surface area contributed by atoms with Crippen molar-refractivity contribution < 1.29 is 13.9 Å².